The molecular weight excluding hydrogens is 553 g/mol. The molecule has 0 amide bonds. The number of phenolic OH excluding ortho intramolecular Hbond substituents is 1. The Bertz CT molecular complexity index is 1410. The van der Waals surface area contributed by atoms with Crippen LogP contribution in [0.15, 0.2) is 72.8 Å². The number of nitrogens with zero attached hydrogens (tertiary/aromatic N) is 2. The van der Waals surface area contributed by atoms with Gasteiger partial charge in [0.15, 0.2) is 0 Å². The summed E-state index contributed by atoms with van der Waals surface area (Å²) in [5.41, 5.74) is 8.88. The molecule has 2 aromatic heterocycles. The van der Waals surface area contributed by atoms with Gasteiger partial charge in [-0.2, -0.15) is 0 Å². The molecule has 0 atom stereocenters. The topological polar surface area (TPSA) is 61.8 Å². The summed E-state index contributed by atoms with van der Waals surface area (Å²) in [7, 11) is 0. The predicted molar refractivity (Wildman–Crippen MR) is 114 cm³/mol. The van der Waals surface area contributed by atoms with E-state index in [1.165, 1.54) is 11.1 Å². The second-order valence-corrected chi connectivity index (χ2v) is 7.26. The summed E-state index contributed by atoms with van der Waals surface area (Å²) in [5.74, 6) is 0.848. The summed E-state index contributed by atoms with van der Waals surface area (Å²) < 4.78 is 0. The average Bonchev–Trinajstić information content (AvgIpc) is 3.35. The van der Waals surface area contributed by atoms with Crippen molar-refractivity contribution < 1.29 is 26.2 Å². The molecule has 0 fully saturated rings. The molecule has 0 spiro atoms. The van der Waals surface area contributed by atoms with Crippen LogP contribution in [0.5, 0.6) is 5.75 Å². The van der Waals surface area contributed by atoms with E-state index in [2.05, 4.69) is 29.2 Å². The summed E-state index contributed by atoms with van der Waals surface area (Å²) in [6.07, 6.45) is 0.902. The Kier molecular flexibility index (Phi) is 4.52. The van der Waals surface area contributed by atoms with Gasteiger partial charge in [-0.25, -0.2) is 4.98 Å². The van der Waals surface area contributed by atoms with Crippen molar-refractivity contribution in [2.75, 3.05) is 0 Å². The van der Waals surface area contributed by atoms with Crippen molar-refractivity contribution in [2.45, 2.75) is 6.42 Å². The van der Waals surface area contributed by atoms with Crippen LogP contribution < -0.4 is 0 Å². The van der Waals surface area contributed by atoms with Crippen molar-refractivity contribution in [2.24, 2.45) is 0 Å². The first-order valence-corrected chi connectivity index (χ1v) is 9.55. The Morgan fingerprint density at radius 2 is 1.70 bits per heavy atom. The second kappa shape index (κ2) is 7.23. The fraction of sp³-hybridized carbons (Fsp3) is 0.0400. The minimum atomic E-state index is 0. The fourth-order valence-electron chi connectivity index (χ4n) is 4.08. The van der Waals surface area contributed by atoms with Crippen molar-refractivity contribution in [1.82, 2.24) is 15.0 Å². The van der Waals surface area contributed by atoms with Gasteiger partial charge in [0.1, 0.15) is 11.6 Å². The maximum atomic E-state index is 10.2. The number of aromatic hydroxyl groups is 1. The van der Waals surface area contributed by atoms with Crippen LogP contribution >= 0.6 is 0 Å². The minimum absolute atomic E-state index is 0. The molecule has 5 aromatic rings. The van der Waals surface area contributed by atoms with E-state index in [0.717, 1.165) is 40.0 Å². The number of benzene rings is 3. The van der Waals surface area contributed by atoms with E-state index in [4.69, 9.17) is 9.97 Å². The molecule has 148 valence electrons. The van der Waals surface area contributed by atoms with E-state index >= 15 is 0 Å². The Morgan fingerprint density at radius 1 is 0.833 bits per heavy atom. The van der Waals surface area contributed by atoms with Crippen LogP contribution in [-0.2, 0) is 27.5 Å². The summed E-state index contributed by atoms with van der Waals surface area (Å²) in [6.45, 7) is 0. The van der Waals surface area contributed by atoms with Gasteiger partial charge in [0, 0.05) is 26.6 Å². The molecule has 5 heteroatoms. The first-order chi connectivity index (χ1) is 14.3. The van der Waals surface area contributed by atoms with Gasteiger partial charge in [-0.15, -0.1) is 35.4 Å². The van der Waals surface area contributed by atoms with Crippen LogP contribution in [0, 0.1) is 6.07 Å². The van der Waals surface area contributed by atoms with Gasteiger partial charge in [0.05, 0.1) is 22.3 Å². The van der Waals surface area contributed by atoms with Crippen LogP contribution in [0.1, 0.15) is 11.1 Å². The van der Waals surface area contributed by atoms with Crippen LogP contribution in [0.2, 0.25) is 0 Å². The van der Waals surface area contributed by atoms with Crippen LogP contribution in [0.4, 0.5) is 0 Å². The number of aromatic amines is 1. The van der Waals surface area contributed by atoms with E-state index in [0.29, 0.717) is 11.4 Å². The number of hydrogen-bond acceptors (Lipinski definition) is 3. The first-order valence-electron chi connectivity index (χ1n) is 9.55. The molecule has 0 saturated heterocycles. The molecule has 30 heavy (non-hydrogen) atoms. The molecule has 1 aliphatic rings. The normalized spacial score (nSPS) is 11.7. The number of fused-ring (bicyclic) bond motifs is 4. The SMILES string of the molecule is Oc1ccccc1-c1nc2c(-c3ccc4c(n3)-c3[c-]cccc3C4)cccc2[nH]1.[Pt]. The molecule has 0 bridgehead atoms. The number of imidazole rings is 1. The predicted octanol–water partition coefficient (Wildman–Crippen LogP) is 5.37. The maximum absolute atomic E-state index is 10.2. The Balaban J connectivity index is 0.00000193. The molecule has 3 aromatic carbocycles. The average molecular weight is 570 g/mol. The summed E-state index contributed by atoms with van der Waals surface area (Å²) in [6, 6.07) is 26.9. The van der Waals surface area contributed by atoms with E-state index in [1.807, 2.05) is 42.5 Å². The van der Waals surface area contributed by atoms with Crippen molar-refractivity contribution in [3.8, 4) is 39.7 Å². The zero-order valence-electron chi connectivity index (χ0n) is 15.8. The third kappa shape index (κ3) is 2.87. The molecule has 0 aliphatic heterocycles. The van der Waals surface area contributed by atoms with Gasteiger partial charge in [-0.1, -0.05) is 35.9 Å². The second-order valence-electron chi connectivity index (χ2n) is 7.26. The van der Waals surface area contributed by atoms with Gasteiger partial charge in [0.25, 0.3) is 0 Å². The van der Waals surface area contributed by atoms with Gasteiger partial charge < -0.3 is 10.1 Å². The molecular formula is C25H16N3OPt-. The molecule has 0 unspecified atom stereocenters. The number of phenols is 1. The number of para-hydroxylation sites is 2. The van der Waals surface area contributed by atoms with Gasteiger partial charge in [-0.3, -0.25) is 4.98 Å². The smallest absolute Gasteiger partial charge is 0.142 e. The first kappa shape index (κ1) is 18.8. The monoisotopic (exact) mass is 569 g/mol. The Labute approximate surface area is 187 Å². The van der Waals surface area contributed by atoms with E-state index in [-0.39, 0.29) is 26.8 Å². The van der Waals surface area contributed by atoms with Crippen LogP contribution in [-0.4, -0.2) is 20.1 Å². The number of nitrogens with one attached hydrogen (secondary N) is 1. The number of pyridine rings is 1. The maximum Gasteiger partial charge on any atom is 0.142 e. The summed E-state index contributed by atoms with van der Waals surface area (Å²) in [4.78, 5) is 13.1. The number of H-pyrrole nitrogens is 1. The molecule has 6 rings (SSSR count). The standard InChI is InChI=1S/C25H16N3O.Pt/c29-22-11-4-3-8-19(22)25-27-21-10-5-9-18(24(21)28-25)20-13-12-16-14-15-6-1-2-7-17(15)23(16)26-20;/h1-6,8-13,29H,14H2,(H,27,28);/q-1;. The zero-order valence-corrected chi connectivity index (χ0v) is 18.1. The molecule has 0 radical (unpaired) electrons. The third-order valence-electron chi connectivity index (χ3n) is 5.49. The third-order valence-corrected chi connectivity index (χ3v) is 5.49. The van der Waals surface area contributed by atoms with Crippen LogP contribution in [0.3, 0.4) is 0 Å². The van der Waals surface area contributed by atoms with Gasteiger partial charge in [-0.05, 0) is 36.4 Å². The van der Waals surface area contributed by atoms with Crippen LogP contribution in [0.25, 0.3) is 44.9 Å². The van der Waals surface area contributed by atoms with Crippen molar-refractivity contribution in [3.05, 3.63) is 90.0 Å². The summed E-state index contributed by atoms with van der Waals surface area (Å²) >= 11 is 0. The molecule has 2 N–H and O–H groups in total. The number of rotatable bonds is 2. The van der Waals surface area contributed by atoms with Crippen molar-refractivity contribution in [1.29, 1.82) is 0 Å². The van der Waals surface area contributed by atoms with Gasteiger partial charge >= 0.3 is 0 Å². The molecule has 4 nitrogen and oxygen atoms in total. The largest absolute Gasteiger partial charge is 0.507 e. The van der Waals surface area contributed by atoms with E-state index in [1.54, 1.807) is 12.1 Å². The van der Waals surface area contributed by atoms with E-state index in [9.17, 15) is 5.11 Å². The minimum Gasteiger partial charge on any atom is -0.507 e. The number of hydrogen-bond donors (Lipinski definition) is 2. The molecule has 1 aliphatic carbocycles. The Morgan fingerprint density at radius 3 is 2.60 bits per heavy atom. The molecule has 2 heterocycles. The van der Waals surface area contributed by atoms with Crippen molar-refractivity contribution >= 4 is 11.0 Å². The summed E-state index contributed by atoms with van der Waals surface area (Å²) in [5, 5.41) is 10.2. The van der Waals surface area contributed by atoms with Crippen molar-refractivity contribution in [3.63, 3.8) is 0 Å². The van der Waals surface area contributed by atoms with E-state index < -0.39 is 0 Å². The Hall–Kier alpha value is -3.23. The van der Waals surface area contributed by atoms with Gasteiger partial charge in [0.2, 0.25) is 0 Å². The fourth-order valence-corrected chi connectivity index (χ4v) is 4.08. The quantitative estimate of drug-likeness (QED) is 0.276. The molecule has 0 saturated carbocycles. The zero-order chi connectivity index (χ0) is 19.4. The number of aromatic nitrogens is 3.